The van der Waals surface area contributed by atoms with Gasteiger partial charge in [-0.1, -0.05) is 13.8 Å². The molecular weight excluding hydrogens is 251 g/mol. The molecule has 3 heteroatoms. The second kappa shape index (κ2) is 2.21. The minimum atomic E-state index is 0.443. The van der Waals surface area contributed by atoms with Crippen molar-refractivity contribution in [1.82, 2.24) is 9.55 Å². The van der Waals surface area contributed by atoms with E-state index < -0.39 is 0 Å². The molecule has 60 valence electrons. The summed E-state index contributed by atoms with van der Waals surface area (Å²) in [4.78, 5) is 4.25. The van der Waals surface area contributed by atoms with E-state index in [9.17, 15) is 0 Å². The quantitative estimate of drug-likeness (QED) is 0.654. The first-order chi connectivity index (χ1) is 5.08. The lowest BCUT2D eigenvalue weighted by molar-refractivity contribution is 0.357. The van der Waals surface area contributed by atoms with Crippen molar-refractivity contribution in [3.05, 3.63) is 15.7 Å². The Morgan fingerprint density at radius 2 is 2.36 bits per heavy atom. The van der Waals surface area contributed by atoms with Gasteiger partial charge in [0, 0.05) is 6.54 Å². The van der Waals surface area contributed by atoms with Crippen LogP contribution < -0.4 is 0 Å². The summed E-state index contributed by atoms with van der Waals surface area (Å²) in [7, 11) is 0. The molecule has 1 aromatic rings. The number of hydrogen-bond acceptors (Lipinski definition) is 1. The fourth-order valence-corrected chi connectivity index (χ4v) is 2.29. The average molecular weight is 262 g/mol. The SMILES string of the molecule is CC1(C)Cc2c(I)ncn2C1. The molecule has 0 N–H and O–H groups in total. The smallest absolute Gasteiger partial charge is 0.122 e. The first-order valence-corrected chi connectivity index (χ1v) is 4.86. The molecule has 0 spiro atoms. The number of rotatable bonds is 0. The number of fused-ring (bicyclic) bond motifs is 1. The van der Waals surface area contributed by atoms with Crippen LogP contribution in [0.4, 0.5) is 0 Å². The molecule has 1 aromatic heterocycles. The molecule has 0 aromatic carbocycles. The Bertz CT molecular complexity index is 288. The molecule has 0 fully saturated rings. The van der Waals surface area contributed by atoms with Crippen molar-refractivity contribution in [2.24, 2.45) is 5.41 Å². The number of halogens is 1. The van der Waals surface area contributed by atoms with Crippen molar-refractivity contribution < 1.29 is 0 Å². The lowest BCUT2D eigenvalue weighted by Crippen LogP contribution is -2.12. The maximum absolute atomic E-state index is 4.25. The second-order valence-corrected chi connectivity index (χ2v) is 4.97. The van der Waals surface area contributed by atoms with Crippen LogP contribution in [0.5, 0.6) is 0 Å². The normalized spacial score (nSPS) is 20.3. The zero-order chi connectivity index (χ0) is 8.06. The largest absolute Gasteiger partial charge is 0.333 e. The fraction of sp³-hybridized carbons (Fsp3) is 0.625. The molecule has 0 amide bonds. The summed E-state index contributed by atoms with van der Waals surface area (Å²) in [6, 6.07) is 0. The second-order valence-electron chi connectivity index (χ2n) is 3.95. The zero-order valence-corrected chi connectivity index (χ0v) is 8.92. The van der Waals surface area contributed by atoms with Crippen LogP contribution in [0.3, 0.4) is 0 Å². The lowest BCUT2D eigenvalue weighted by Gasteiger charge is -2.14. The van der Waals surface area contributed by atoms with Gasteiger partial charge in [-0.05, 0) is 34.4 Å². The van der Waals surface area contributed by atoms with E-state index >= 15 is 0 Å². The maximum Gasteiger partial charge on any atom is 0.122 e. The summed E-state index contributed by atoms with van der Waals surface area (Å²) >= 11 is 2.31. The van der Waals surface area contributed by atoms with Gasteiger partial charge in [0.2, 0.25) is 0 Å². The van der Waals surface area contributed by atoms with Gasteiger partial charge in [-0.25, -0.2) is 4.98 Å². The molecule has 0 radical (unpaired) electrons. The zero-order valence-electron chi connectivity index (χ0n) is 6.76. The van der Waals surface area contributed by atoms with Crippen LogP contribution in [0.2, 0.25) is 0 Å². The molecule has 11 heavy (non-hydrogen) atoms. The van der Waals surface area contributed by atoms with Crippen LogP contribution in [0.15, 0.2) is 6.33 Å². The molecule has 0 aliphatic carbocycles. The van der Waals surface area contributed by atoms with Crippen LogP contribution in [-0.2, 0) is 13.0 Å². The highest BCUT2D eigenvalue weighted by Crippen LogP contribution is 2.32. The topological polar surface area (TPSA) is 17.8 Å². The number of nitrogens with zero attached hydrogens (tertiary/aromatic N) is 2. The minimum absolute atomic E-state index is 0.443. The first kappa shape index (κ1) is 7.58. The van der Waals surface area contributed by atoms with Gasteiger partial charge in [-0.3, -0.25) is 0 Å². The van der Waals surface area contributed by atoms with Crippen molar-refractivity contribution in [1.29, 1.82) is 0 Å². The summed E-state index contributed by atoms with van der Waals surface area (Å²) in [5.74, 6) is 0. The fourth-order valence-electron chi connectivity index (χ4n) is 1.66. The van der Waals surface area contributed by atoms with Gasteiger partial charge in [0.15, 0.2) is 0 Å². The number of aromatic nitrogens is 2. The van der Waals surface area contributed by atoms with E-state index in [4.69, 9.17) is 0 Å². The van der Waals surface area contributed by atoms with Crippen LogP contribution in [0.1, 0.15) is 19.5 Å². The van der Waals surface area contributed by atoms with Gasteiger partial charge in [0.1, 0.15) is 3.70 Å². The van der Waals surface area contributed by atoms with Crippen molar-refractivity contribution in [2.75, 3.05) is 0 Å². The van der Waals surface area contributed by atoms with Crippen molar-refractivity contribution in [3.63, 3.8) is 0 Å². The number of hydrogen-bond donors (Lipinski definition) is 0. The van der Waals surface area contributed by atoms with E-state index in [1.54, 1.807) is 0 Å². The Balaban J connectivity index is 2.42. The minimum Gasteiger partial charge on any atom is -0.333 e. The van der Waals surface area contributed by atoms with E-state index in [2.05, 4.69) is 46.0 Å². The summed E-state index contributed by atoms with van der Waals surface area (Å²) < 4.78 is 3.44. The predicted octanol–water partition coefficient (Wildman–Crippen LogP) is 2.07. The third-order valence-corrected chi connectivity index (χ3v) is 3.04. The van der Waals surface area contributed by atoms with E-state index in [-0.39, 0.29) is 0 Å². The predicted molar refractivity (Wildman–Crippen MR) is 52.4 cm³/mol. The Labute approximate surface area is 80.2 Å². The molecule has 1 aliphatic rings. The van der Waals surface area contributed by atoms with E-state index in [1.165, 1.54) is 15.8 Å². The summed E-state index contributed by atoms with van der Waals surface area (Å²) in [6.45, 7) is 5.73. The van der Waals surface area contributed by atoms with Gasteiger partial charge < -0.3 is 4.57 Å². The molecule has 2 heterocycles. The van der Waals surface area contributed by atoms with Crippen molar-refractivity contribution >= 4 is 22.6 Å². The molecule has 0 saturated heterocycles. The highest BCUT2D eigenvalue weighted by molar-refractivity contribution is 14.1. The average Bonchev–Trinajstić information content (AvgIpc) is 2.31. The molecular formula is C8H11IN2. The van der Waals surface area contributed by atoms with Gasteiger partial charge in [-0.2, -0.15) is 0 Å². The molecule has 0 saturated carbocycles. The van der Waals surface area contributed by atoms with Crippen molar-refractivity contribution in [3.8, 4) is 0 Å². The van der Waals surface area contributed by atoms with Crippen LogP contribution in [0, 0.1) is 9.12 Å². The standard InChI is InChI=1S/C8H11IN2/c1-8(2)3-6-7(9)10-5-11(6)4-8/h5H,3-4H2,1-2H3. The molecule has 0 unspecified atom stereocenters. The monoisotopic (exact) mass is 262 g/mol. The summed E-state index contributed by atoms with van der Waals surface area (Å²) in [6.07, 6.45) is 3.12. The summed E-state index contributed by atoms with van der Waals surface area (Å²) in [5.41, 5.74) is 1.86. The Morgan fingerprint density at radius 1 is 1.64 bits per heavy atom. The lowest BCUT2D eigenvalue weighted by atomic mass is 9.91. The van der Waals surface area contributed by atoms with Gasteiger partial charge >= 0.3 is 0 Å². The van der Waals surface area contributed by atoms with Crippen molar-refractivity contribution in [2.45, 2.75) is 26.8 Å². The first-order valence-electron chi connectivity index (χ1n) is 3.78. The van der Waals surface area contributed by atoms with Crippen LogP contribution in [0.25, 0.3) is 0 Å². The van der Waals surface area contributed by atoms with E-state index in [0.717, 1.165) is 6.54 Å². The summed E-state index contributed by atoms with van der Waals surface area (Å²) in [5, 5.41) is 0. The highest BCUT2D eigenvalue weighted by Gasteiger charge is 2.30. The van der Waals surface area contributed by atoms with Gasteiger partial charge in [0.05, 0.1) is 12.0 Å². The third-order valence-electron chi connectivity index (χ3n) is 2.14. The van der Waals surface area contributed by atoms with E-state index in [1.807, 2.05) is 6.33 Å². The van der Waals surface area contributed by atoms with E-state index in [0.29, 0.717) is 5.41 Å². The molecule has 2 nitrogen and oxygen atoms in total. The van der Waals surface area contributed by atoms with Crippen LogP contribution >= 0.6 is 22.6 Å². The third kappa shape index (κ3) is 1.19. The highest BCUT2D eigenvalue weighted by atomic mass is 127. The van der Waals surface area contributed by atoms with Gasteiger partial charge in [0.25, 0.3) is 0 Å². The Hall–Kier alpha value is -0.0600. The molecule has 2 rings (SSSR count). The molecule has 1 aliphatic heterocycles. The van der Waals surface area contributed by atoms with Gasteiger partial charge in [-0.15, -0.1) is 0 Å². The van der Waals surface area contributed by atoms with Crippen LogP contribution in [-0.4, -0.2) is 9.55 Å². The molecule has 0 atom stereocenters. The number of imidazole rings is 1. The maximum atomic E-state index is 4.25. The Morgan fingerprint density at radius 3 is 3.00 bits per heavy atom. The Kier molecular flexibility index (Phi) is 1.53. The molecule has 0 bridgehead atoms.